The van der Waals surface area contributed by atoms with Crippen molar-refractivity contribution in [1.29, 1.82) is 0 Å². The summed E-state index contributed by atoms with van der Waals surface area (Å²) < 4.78 is 6.29. The summed E-state index contributed by atoms with van der Waals surface area (Å²) >= 11 is -0.128. The van der Waals surface area contributed by atoms with Crippen LogP contribution in [0.25, 0.3) is 0 Å². The van der Waals surface area contributed by atoms with E-state index in [1.165, 1.54) is 6.92 Å². The summed E-state index contributed by atoms with van der Waals surface area (Å²) in [6, 6.07) is 9.74. The molecule has 92 valence electrons. The Morgan fingerprint density at radius 1 is 1.29 bits per heavy atom. The van der Waals surface area contributed by atoms with E-state index in [9.17, 15) is 9.59 Å². The van der Waals surface area contributed by atoms with Gasteiger partial charge >= 0.3 is 108 Å². The van der Waals surface area contributed by atoms with Gasteiger partial charge in [-0.3, -0.25) is 0 Å². The van der Waals surface area contributed by atoms with E-state index in [1.807, 2.05) is 37.3 Å². The van der Waals surface area contributed by atoms with Crippen molar-refractivity contribution in [3.05, 3.63) is 30.3 Å². The van der Waals surface area contributed by atoms with Crippen molar-refractivity contribution < 1.29 is 14.3 Å². The molecule has 0 heterocycles. The first kappa shape index (κ1) is 13.9. The predicted molar refractivity (Wildman–Crippen MR) is 67.3 cm³/mol. The molecular formula is C13H16O3Se. The van der Waals surface area contributed by atoms with Gasteiger partial charge in [-0.2, -0.15) is 0 Å². The van der Waals surface area contributed by atoms with Gasteiger partial charge < -0.3 is 0 Å². The molecule has 0 aliphatic heterocycles. The van der Waals surface area contributed by atoms with Crippen LogP contribution in [0.4, 0.5) is 0 Å². The molecule has 0 amide bonds. The van der Waals surface area contributed by atoms with Crippen molar-refractivity contribution in [2.75, 3.05) is 0 Å². The van der Waals surface area contributed by atoms with Crippen molar-refractivity contribution in [2.45, 2.75) is 32.8 Å². The van der Waals surface area contributed by atoms with Gasteiger partial charge in [0, 0.05) is 0 Å². The quantitative estimate of drug-likeness (QED) is 0.587. The number of benzene rings is 1. The van der Waals surface area contributed by atoms with Crippen LogP contribution >= 0.6 is 0 Å². The van der Waals surface area contributed by atoms with E-state index in [4.69, 9.17) is 4.74 Å². The fourth-order valence-electron chi connectivity index (χ4n) is 1.33. The molecule has 1 unspecified atom stereocenters. The third-order valence-electron chi connectivity index (χ3n) is 2.10. The van der Waals surface area contributed by atoms with Gasteiger partial charge in [0.15, 0.2) is 0 Å². The van der Waals surface area contributed by atoms with Crippen molar-refractivity contribution >= 4 is 30.1 Å². The van der Waals surface area contributed by atoms with E-state index in [1.54, 1.807) is 0 Å². The molecule has 1 aromatic carbocycles. The summed E-state index contributed by atoms with van der Waals surface area (Å²) in [6.45, 7) is 3.19. The van der Waals surface area contributed by atoms with Crippen molar-refractivity contribution in [3.8, 4) is 0 Å². The first-order chi connectivity index (χ1) is 8.08. The van der Waals surface area contributed by atoms with E-state index in [-0.39, 0.29) is 31.7 Å². The van der Waals surface area contributed by atoms with Crippen LogP contribution in [0, 0.1) is 0 Å². The second-order valence-electron chi connectivity index (χ2n) is 3.75. The first-order valence-corrected chi connectivity index (χ1v) is 7.22. The monoisotopic (exact) mass is 300 g/mol. The summed E-state index contributed by atoms with van der Waals surface area (Å²) in [4.78, 5) is 22.4. The molecule has 0 radical (unpaired) electrons. The summed E-state index contributed by atoms with van der Waals surface area (Å²) in [5, 5.41) is 0. The zero-order valence-electron chi connectivity index (χ0n) is 10.0. The van der Waals surface area contributed by atoms with Crippen LogP contribution in [0.1, 0.15) is 26.7 Å². The maximum atomic E-state index is 11.7. The summed E-state index contributed by atoms with van der Waals surface area (Å²) in [5.41, 5.74) is 0. The predicted octanol–water partition coefficient (Wildman–Crippen LogP) is 1.27. The Hall–Kier alpha value is -1.12. The zero-order valence-corrected chi connectivity index (χ0v) is 11.7. The summed E-state index contributed by atoms with van der Waals surface area (Å²) in [7, 11) is 0. The van der Waals surface area contributed by atoms with Crippen LogP contribution in [-0.4, -0.2) is 31.7 Å². The second kappa shape index (κ2) is 7.25. The molecule has 0 bridgehead atoms. The molecule has 0 spiro atoms. The van der Waals surface area contributed by atoms with Crippen molar-refractivity contribution in [1.82, 2.24) is 0 Å². The number of hydrogen-bond acceptors (Lipinski definition) is 3. The minimum absolute atomic E-state index is 0.128. The molecule has 0 saturated carbocycles. The molecule has 3 nitrogen and oxygen atoms in total. The van der Waals surface area contributed by atoms with Gasteiger partial charge in [-0.1, -0.05) is 0 Å². The third kappa shape index (κ3) is 6.25. The fraction of sp³-hybridized carbons (Fsp3) is 0.385. The van der Waals surface area contributed by atoms with Gasteiger partial charge in [0.2, 0.25) is 0 Å². The number of hydrogen-bond donors (Lipinski definition) is 0. The minimum atomic E-state index is -0.293. The zero-order chi connectivity index (χ0) is 12.7. The average molecular weight is 299 g/mol. The van der Waals surface area contributed by atoms with Crippen LogP contribution in [0.15, 0.2) is 30.3 Å². The van der Waals surface area contributed by atoms with Crippen LogP contribution in [0.2, 0.25) is 0 Å². The van der Waals surface area contributed by atoms with Gasteiger partial charge in [0.25, 0.3) is 0 Å². The maximum absolute atomic E-state index is 11.7. The van der Waals surface area contributed by atoms with Crippen LogP contribution in [0.5, 0.6) is 0 Å². The summed E-state index contributed by atoms with van der Waals surface area (Å²) in [6.07, 6.45) is 0.902. The Morgan fingerprint density at radius 2 is 1.94 bits per heavy atom. The first-order valence-electron chi connectivity index (χ1n) is 5.51. The van der Waals surface area contributed by atoms with Crippen LogP contribution < -0.4 is 4.46 Å². The summed E-state index contributed by atoms with van der Waals surface area (Å²) in [5.74, 6) is -0.293. The average Bonchev–Trinajstić information content (AvgIpc) is 2.27. The van der Waals surface area contributed by atoms with Crippen LogP contribution in [0.3, 0.4) is 0 Å². The molecule has 0 N–H and O–H groups in total. The van der Waals surface area contributed by atoms with E-state index in [2.05, 4.69) is 0 Å². The van der Waals surface area contributed by atoms with Gasteiger partial charge in [-0.25, -0.2) is 0 Å². The molecule has 0 aliphatic rings. The molecule has 17 heavy (non-hydrogen) atoms. The second-order valence-corrected chi connectivity index (χ2v) is 6.12. The van der Waals surface area contributed by atoms with Crippen molar-refractivity contribution in [2.24, 2.45) is 0 Å². The normalized spacial score (nSPS) is 11.9. The molecule has 1 rings (SSSR count). The van der Waals surface area contributed by atoms with Gasteiger partial charge in [0.05, 0.1) is 0 Å². The SMILES string of the molecule is CC(=O)OC(C)CCC(=O)[Se]c1ccccc1. The number of carbonyl (C=O) groups excluding carboxylic acids is 2. The van der Waals surface area contributed by atoms with Gasteiger partial charge in [0.1, 0.15) is 0 Å². The Morgan fingerprint density at radius 3 is 2.53 bits per heavy atom. The fourth-order valence-corrected chi connectivity index (χ4v) is 2.96. The van der Waals surface area contributed by atoms with Gasteiger partial charge in [-0.05, 0) is 0 Å². The molecule has 1 atom stereocenters. The van der Waals surface area contributed by atoms with E-state index in [0.29, 0.717) is 12.8 Å². The number of carbonyl (C=O) groups is 2. The number of rotatable bonds is 6. The molecule has 0 fully saturated rings. The van der Waals surface area contributed by atoms with E-state index in [0.717, 1.165) is 4.46 Å². The Balaban J connectivity index is 2.28. The van der Waals surface area contributed by atoms with Gasteiger partial charge in [-0.15, -0.1) is 0 Å². The van der Waals surface area contributed by atoms with E-state index < -0.39 is 0 Å². The number of ether oxygens (including phenoxy) is 1. The Bertz CT molecular complexity index is 376. The molecule has 0 aliphatic carbocycles. The topological polar surface area (TPSA) is 43.4 Å². The standard InChI is InChI=1S/C13H16O3Se/c1-10(16-11(2)14)8-9-13(15)17-12-6-4-3-5-7-12/h3-7,10H,8-9H2,1-2H3. The molecular weight excluding hydrogens is 283 g/mol. The van der Waals surface area contributed by atoms with E-state index >= 15 is 0 Å². The number of esters is 1. The molecule has 0 aromatic heterocycles. The van der Waals surface area contributed by atoms with Crippen LogP contribution in [-0.2, 0) is 14.3 Å². The Kier molecular flexibility index (Phi) is 5.95. The Labute approximate surface area is 108 Å². The van der Waals surface area contributed by atoms with Crippen molar-refractivity contribution in [3.63, 3.8) is 0 Å². The molecule has 4 heteroatoms. The third-order valence-corrected chi connectivity index (χ3v) is 4.07. The molecule has 0 saturated heterocycles. The molecule has 1 aromatic rings.